The lowest BCUT2D eigenvalue weighted by Gasteiger charge is -2.10. The van der Waals surface area contributed by atoms with E-state index >= 15 is 0 Å². The first kappa shape index (κ1) is 13.8. The highest BCUT2D eigenvalue weighted by atomic mass is 35.5. The number of nitrogens with two attached hydrogens (primary N) is 1. The monoisotopic (exact) mass is 297 g/mol. The van der Waals surface area contributed by atoms with E-state index in [-0.39, 0.29) is 6.04 Å². The zero-order chi connectivity index (χ0) is 13.1. The Morgan fingerprint density at radius 1 is 1.06 bits per heavy atom. The van der Waals surface area contributed by atoms with Crippen LogP contribution in [0.3, 0.4) is 0 Å². The molecule has 0 saturated carbocycles. The van der Waals surface area contributed by atoms with Crippen LogP contribution >= 0.6 is 35.0 Å². The van der Waals surface area contributed by atoms with Gasteiger partial charge in [-0.2, -0.15) is 0 Å². The zero-order valence-electron chi connectivity index (χ0n) is 9.86. The van der Waals surface area contributed by atoms with E-state index < -0.39 is 0 Å². The average Bonchev–Trinajstić information content (AvgIpc) is 2.28. The standard InChI is InChI=1S/C14H13Cl2NS/c1-9(17)13-6-5-12(8-14(13)16)18-11-4-2-3-10(15)7-11/h2-9H,17H2,1H3. The fourth-order valence-electron chi connectivity index (χ4n) is 1.61. The summed E-state index contributed by atoms with van der Waals surface area (Å²) in [6.07, 6.45) is 0. The lowest BCUT2D eigenvalue weighted by Crippen LogP contribution is -2.05. The molecular formula is C14H13Cl2NS. The second-order valence-electron chi connectivity index (χ2n) is 4.03. The Bertz CT molecular complexity index is 555. The van der Waals surface area contributed by atoms with Crippen LogP contribution in [-0.4, -0.2) is 0 Å². The van der Waals surface area contributed by atoms with Gasteiger partial charge in [-0.05, 0) is 42.8 Å². The molecule has 1 unspecified atom stereocenters. The van der Waals surface area contributed by atoms with Gasteiger partial charge in [-0.25, -0.2) is 0 Å². The quantitative estimate of drug-likeness (QED) is 0.846. The van der Waals surface area contributed by atoms with Gasteiger partial charge in [0.05, 0.1) is 0 Å². The first-order valence-electron chi connectivity index (χ1n) is 5.54. The van der Waals surface area contributed by atoms with Gasteiger partial charge in [0.25, 0.3) is 0 Å². The highest BCUT2D eigenvalue weighted by Gasteiger charge is 2.07. The molecule has 2 rings (SSSR count). The van der Waals surface area contributed by atoms with Crippen LogP contribution in [0.25, 0.3) is 0 Å². The van der Waals surface area contributed by atoms with Crippen LogP contribution in [0, 0.1) is 0 Å². The molecule has 0 aliphatic rings. The minimum Gasteiger partial charge on any atom is -0.324 e. The summed E-state index contributed by atoms with van der Waals surface area (Å²) in [5, 5.41) is 1.44. The third-order valence-corrected chi connectivity index (χ3v) is 4.04. The third kappa shape index (κ3) is 3.42. The summed E-state index contributed by atoms with van der Waals surface area (Å²) in [5.74, 6) is 0. The molecule has 94 valence electrons. The van der Waals surface area contributed by atoms with E-state index in [4.69, 9.17) is 28.9 Å². The van der Waals surface area contributed by atoms with Crippen LogP contribution < -0.4 is 5.73 Å². The van der Waals surface area contributed by atoms with E-state index in [0.717, 1.165) is 20.4 Å². The fourth-order valence-corrected chi connectivity index (χ4v) is 3.20. The van der Waals surface area contributed by atoms with Gasteiger partial charge in [0, 0.05) is 25.9 Å². The minimum atomic E-state index is -0.0530. The van der Waals surface area contributed by atoms with Gasteiger partial charge in [0.2, 0.25) is 0 Å². The first-order valence-corrected chi connectivity index (χ1v) is 7.12. The van der Waals surface area contributed by atoms with E-state index in [0.29, 0.717) is 5.02 Å². The SMILES string of the molecule is CC(N)c1ccc(Sc2cccc(Cl)c2)cc1Cl. The third-order valence-electron chi connectivity index (χ3n) is 2.49. The molecular weight excluding hydrogens is 285 g/mol. The zero-order valence-corrected chi connectivity index (χ0v) is 12.2. The largest absolute Gasteiger partial charge is 0.324 e. The molecule has 2 aromatic carbocycles. The molecule has 0 saturated heterocycles. The summed E-state index contributed by atoms with van der Waals surface area (Å²) in [4.78, 5) is 2.17. The van der Waals surface area contributed by atoms with Crippen molar-refractivity contribution >= 4 is 35.0 Å². The van der Waals surface area contributed by atoms with Gasteiger partial charge >= 0.3 is 0 Å². The Morgan fingerprint density at radius 2 is 1.78 bits per heavy atom. The number of rotatable bonds is 3. The van der Waals surface area contributed by atoms with E-state index in [1.807, 2.05) is 49.4 Å². The van der Waals surface area contributed by atoms with Crippen molar-refractivity contribution in [3.63, 3.8) is 0 Å². The molecule has 2 aromatic rings. The molecule has 18 heavy (non-hydrogen) atoms. The lowest BCUT2D eigenvalue weighted by atomic mass is 10.1. The molecule has 0 radical (unpaired) electrons. The summed E-state index contributed by atoms with van der Waals surface area (Å²) in [6, 6.07) is 13.6. The van der Waals surface area contributed by atoms with E-state index in [9.17, 15) is 0 Å². The number of benzene rings is 2. The maximum atomic E-state index is 6.20. The van der Waals surface area contributed by atoms with Crippen molar-refractivity contribution in [3.8, 4) is 0 Å². The molecule has 4 heteroatoms. The fraction of sp³-hybridized carbons (Fsp3) is 0.143. The Balaban J connectivity index is 2.23. The van der Waals surface area contributed by atoms with Crippen LogP contribution in [-0.2, 0) is 0 Å². The molecule has 1 atom stereocenters. The average molecular weight is 298 g/mol. The van der Waals surface area contributed by atoms with Crippen molar-refractivity contribution in [2.45, 2.75) is 22.8 Å². The van der Waals surface area contributed by atoms with Crippen molar-refractivity contribution in [1.82, 2.24) is 0 Å². The molecule has 0 aliphatic carbocycles. The van der Waals surface area contributed by atoms with Gasteiger partial charge in [0.15, 0.2) is 0 Å². The second kappa shape index (κ2) is 5.98. The van der Waals surface area contributed by atoms with Crippen LogP contribution in [0.4, 0.5) is 0 Å². The predicted molar refractivity (Wildman–Crippen MR) is 79.6 cm³/mol. The minimum absolute atomic E-state index is 0.0530. The molecule has 1 nitrogen and oxygen atoms in total. The molecule has 0 fully saturated rings. The van der Waals surface area contributed by atoms with Crippen molar-refractivity contribution in [2.24, 2.45) is 5.73 Å². The number of halogens is 2. The summed E-state index contributed by atoms with van der Waals surface area (Å²) in [5.41, 5.74) is 6.79. The summed E-state index contributed by atoms with van der Waals surface area (Å²) in [7, 11) is 0. The van der Waals surface area contributed by atoms with Crippen molar-refractivity contribution in [3.05, 3.63) is 58.1 Å². The van der Waals surface area contributed by atoms with E-state index in [1.165, 1.54) is 0 Å². The summed E-state index contributed by atoms with van der Waals surface area (Å²) >= 11 is 13.8. The smallest absolute Gasteiger partial charge is 0.0464 e. The maximum Gasteiger partial charge on any atom is 0.0464 e. The predicted octanol–water partition coefficient (Wildman–Crippen LogP) is 5.16. The van der Waals surface area contributed by atoms with Crippen LogP contribution in [0.2, 0.25) is 10.0 Å². The Labute approximate surface area is 121 Å². The van der Waals surface area contributed by atoms with Gasteiger partial charge < -0.3 is 5.73 Å². The van der Waals surface area contributed by atoms with E-state index in [1.54, 1.807) is 11.8 Å². The number of hydrogen-bond acceptors (Lipinski definition) is 2. The molecule has 0 bridgehead atoms. The molecule has 0 aromatic heterocycles. The van der Waals surface area contributed by atoms with Crippen LogP contribution in [0.15, 0.2) is 52.3 Å². The summed E-state index contributed by atoms with van der Waals surface area (Å²) in [6.45, 7) is 1.92. The Morgan fingerprint density at radius 3 is 2.39 bits per heavy atom. The van der Waals surface area contributed by atoms with Gasteiger partial charge in [-0.3, -0.25) is 0 Å². The highest BCUT2D eigenvalue weighted by Crippen LogP contribution is 2.33. The maximum absolute atomic E-state index is 6.20. The van der Waals surface area contributed by atoms with Crippen LogP contribution in [0.1, 0.15) is 18.5 Å². The number of hydrogen-bond donors (Lipinski definition) is 1. The van der Waals surface area contributed by atoms with Crippen molar-refractivity contribution in [1.29, 1.82) is 0 Å². The highest BCUT2D eigenvalue weighted by molar-refractivity contribution is 7.99. The van der Waals surface area contributed by atoms with Gasteiger partial charge in [-0.1, -0.05) is 47.1 Å². The Hall–Kier alpha value is -0.670. The normalized spacial score (nSPS) is 12.4. The van der Waals surface area contributed by atoms with Crippen molar-refractivity contribution < 1.29 is 0 Å². The molecule has 2 N–H and O–H groups in total. The van der Waals surface area contributed by atoms with E-state index in [2.05, 4.69) is 0 Å². The lowest BCUT2D eigenvalue weighted by molar-refractivity contribution is 0.817. The summed E-state index contributed by atoms with van der Waals surface area (Å²) < 4.78 is 0. The van der Waals surface area contributed by atoms with Crippen LogP contribution in [0.5, 0.6) is 0 Å². The Kier molecular flexibility index (Phi) is 4.57. The van der Waals surface area contributed by atoms with Gasteiger partial charge in [0.1, 0.15) is 0 Å². The molecule has 0 heterocycles. The second-order valence-corrected chi connectivity index (χ2v) is 6.02. The van der Waals surface area contributed by atoms with Gasteiger partial charge in [-0.15, -0.1) is 0 Å². The topological polar surface area (TPSA) is 26.0 Å². The molecule has 0 aliphatic heterocycles. The molecule has 0 amide bonds. The van der Waals surface area contributed by atoms with Crippen molar-refractivity contribution in [2.75, 3.05) is 0 Å². The molecule has 0 spiro atoms. The first-order chi connectivity index (χ1) is 8.56.